The van der Waals surface area contributed by atoms with Crippen molar-refractivity contribution in [2.45, 2.75) is 51.6 Å². The van der Waals surface area contributed by atoms with Crippen molar-refractivity contribution >= 4 is 5.97 Å². The van der Waals surface area contributed by atoms with Gasteiger partial charge in [-0.1, -0.05) is 13.8 Å². The summed E-state index contributed by atoms with van der Waals surface area (Å²) in [6.45, 7) is 9.29. The van der Waals surface area contributed by atoms with Crippen LogP contribution in [-0.4, -0.2) is 73.2 Å². The second-order valence-corrected chi connectivity index (χ2v) is 5.83. The van der Waals surface area contributed by atoms with Crippen LogP contribution in [0.15, 0.2) is 0 Å². The van der Waals surface area contributed by atoms with E-state index in [0.29, 0.717) is 18.9 Å². The molecule has 0 aliphatic carbocycles. The first kappa shape index (κ1) is 19.4. The summed E-state index contributed by atoms with van der Waals surface area (Å²) in [6, 6.07) is 0.491. The maximum atomic E-state index is 11.4. The third kappa shape index (κ3) is 5.77. The fraction of sp³-hybridized carbons (Fsp3) is 0.933. The number of carbonyl (C=O) groups is 1. The van der Waals surface area contributed by atoms with Crippen molar-refractivity contribution < 1.29 is 9.90 Å². The van der Waals surface area contributed by atoms with Crippen molar-refractivity contribution in [1.29, 1.82) is 0 Å². The third-order valence-electron chi connectivity index (χ3n) is 4.20. The molecule has 0 heterocycles. The summed E-state index contributed by atoms with van der Waals surface area (Å²) >= 11 is 0. The van der Waals surface area contributed by atoms with Crippen molar-refractivity contribution in [2.75, 3.05) is 40.8 Å². The molecule has 20 heavy (non-hydrogen) atoms. The minimum atomic E-state index is -0.774. The quantitative estimate of drug-likeness (QED) is 0.603. The van der Waals surface area contributed by atoms with E-state index < -0.39 is 11.5 Å². The molecule has 0 aromatic heterocycles. The average Bonchev–Trinajstić information content (AvgIpc) is 2.38. The molecule has 0 saturated heterocycles. The molecule has 0 saturated carbocycles. The minimum absolute atomic E-state index is 0.491. The molecule has 0 rings (SSSR count). The van der Waals surface area contributed by atoms with E-state index >= 15 is 0 Å². The van der Waals surface area contributed by atoms with Crippen molar-refractivity contribution in [1.82, 2.24) is 15.1 Å². The van der Waals surface area contributed by atoms with Gasteiger partial charge in [0.2, 0.25) is 0 Å². The lowest BCUT2D eigenvalue weighted by Gasteiger charge is -2.32. The molecular weight excluding hydrogens is 254 g/mol. The molecule has 120 valence electrons. The van der Waals surface area contributed by atoms with Gasteiger partial charge in [0.15, 0.2) is 0 Å². The zero-order valence-corrected chi connectivity index (χ0v) is 14.1. The molecule has 0 aliphatic heterocycles. The molecule has 2 unspecified atom stereocenters. The Hall–Kier alpha value is -0.650. The van der Waals surface area contributed by atoms with Crippen LogP contribution in [0.2, 0.25) is 0 Å². The van der Waals surface area contributed by atoms with E-state index in [0.717, 1.165) is 26.1 Å². The van der Waals surface area contributed by atoms with Crippen LogP contribution >= 0.6 is 0 Å². The van der Waals surface area contributed by atoms with E-state index in [4.69, 9.17) is 0 Å². The Labute approximate surface area is 124 Å². The summed E-state index contributed by atoms with van der Waals surface area (Å²) in [6.07, 6.45) is 2.17. The Kier molecular flexibility index (Phi) is 9.01. The van der Waals surface area contributed by atoms with Crippen LogP contribution in [0.1, 0.15) is 40.0 Å². The molecule has 0 bridgehead atoms. The van der Waals surface area contributed by atoms with Gasteiger partial charge >= 0.3 is 5.97 Å². The third-order valence-corrected chi connectivity index (χ3v) is 4.20. The van der Waals surface area contributed by atoms with E-state index in [1.807, 2.05) is 6.92 Å². The molecule has 5 heteroatoms. The average molecular weight is 287 g/mol. The van der Waals surface area contributed by atoms with Crippen LogP contribution < -0.4 is 5.32 Å². The van der Waals surface area contributed by atoms with E-state index in [1.165, 1.54) is 0 Å². The summed E-state index contributed by atoms with van der Waals surface area (Å²) < 4.78 is 0. The number of aliphatic carboxylic acids is 1. The van der Waals surface area contributed by atoms with Crippen LogP contribution in [0, 0.1) is 0 Å². The predicted molar refractivity (Wildman–Crippen MR) is 84.2 cm³/mol. The zero-order valence-electron chi connectivity index (χ0n) is 14.1. The van der Waals surface area contributed by atoms with Gasteiger partial charge in [-0.2, -0.15) is 0 Å². The Morgan fingerprint density at radius 2 is 1.95 bits per heavy atom. The molecule has 5 nitrogen and oxygen atoms in total. The maximum absolute atomic E-state index is 11.4. The van der Waals surface area contributed by atoms with Crippen LogP contribution in [0.3, 0.4) is 0 Å². The van der Waals surface area contributed by atoms with Crippen molar-refractivity contribution in [3.63, 3.8) is 0 Å². The Morgan fingerprint density at radius 1 is 1.35 bits per heavy atom. The molecule has 0 amide bonds. The van der Waals surface area contributed by atoms with E-state index in [9.17, 15) is 9.90 Å². The standard InChI is InChI=1S/C15H33N3O2/c1-7-15(16-4,14(19)20)10-9-11-18(8-2)13(3)12-17(5)6/h13,16H,7-12H2,1-6H3,(H,19,20). The first-order valence-corrected chi connectivity index (χ1v) is 7.64. The molecule has 0 radical (unpaired) electrons. The molecule has 0 aromatic carbocycles. The number of hydrogen-bond donors (Lipinski definition) is 2. The van der Waals surface area contributed by atoms with E-state index in [1.54, 1.807) is 7.05 Å². The number of nitrogens with one attached hydrogen (secondary N) is 1. The molecule has 2 atom stereocenters. The van der Waals surface area contributed by atoms with Gasteiger partial charge in [0, 0.05) is 12.6 Å². The Bertz CT molecular complexity index is 278. The molecule has 0 fully saturated rings. The summed E-state index contributed by atoms with van der Waals surface area (Å²) in [5.41, 5.74) is -0.774. The topological polar surface area (TPSA) is 55.8 Å². The normalized spacial score (nSPS) is 16.4. The van der Waals surface area contributed by atoms with Gasteiger partial charge < -0.3 is 15.3 Å². The first-order chi connectivity index (χ1) is 9.32. The SMILES string of the molecule is CCN(CCCC(CC)(NC)C(=O)O)C(C)CN(C)C. The largest absolute Gasteiger partial charge is 0.480 e. The number of rotatable bonds is 11. The minimum Gasteiger partial charge on any atom is -0.480 e. The Morgan fingerprint density at radius 3 is 2.30 bits per heavy atom. The fourth-order valence-electron chi connectivity index (χ4n) is 2.76. The van der Waals surface area contributed by atoms with E-state index in [2.05, 4.69) is 43.1 Å². The highest BCUT2D eigenvalue weighted by molar-refractivity contribution is 5.78. The lowest BCUT2D eigenvalue weighted by molar-refractivity contribution is -0.145. The van der Waals surface area contributed by atoms with Crippen LogP contribution in [0.5, 0.6) is 0 Å². The highest BCUT2D eigenvalue weighted by Gasteiger charge is 2.34. The fourth-order valence-corrected chi connectivity index (χ4v) is 2.76. The monoisotopic (exact) mass is 287 g/mol. The van der Waals surface area contributed by atoms with Gasteiger partial charge in [-0.3, -0.25) is 9.69 Å². The summed E-state index contributed by atoms with van der Waals surface area (Å²) in [4.78, 5) is 16.0. The van der Waals surface area contributed by atoms with Crippen molar-refractivity contribution in [3.8, 4) is 0 Å². The van der Waals surface area contributed by atoms with Crippen LogP contribution in [-0.2, 0) is 4.79 Å². The van der Waals surface area contributed by atoms with Gasteiger partial charge in [0.25, 0.3) is 0 Å². The second-order valence-electron chi connectivity index (χ2n) is 5.83. The van der Waals surface area contributed by atoms with Gasteiger partial charge in [0.05, 0.1) is 0 Å². The number of likely N-dealkylation sites (N-methyl/N-ethyl adjacent to an activating group) is 3. The van der Waals surface area contributed by atoms with Gasteiger partial charge in [-0.25, -0.2) is 0 Å². The zero-order chi connectivity index (χ0) is 15.8. The number of hydrogen-bond acceptors (Lipinski definition) is 4. The molecule has 2 N–H and O–H groups in total. The van der Waals surface area contributed by atoms with Crippen molar-refractivity contribution in [3.05, 3.63) is 0 Å². The lowest BCUT2D eigenvalue weighted by Crippen LogP contribution is -2.50. The summed E-state index contributed by atoms with van der Waals surface area (Å²) in [5, 5.41) is 12.4. The summed E-state index contributed by atoms with van der Waals surface area (Å²) in [7, 11) is 5.90. The van der Waals surface area contributed by atoms with Gasteiger partial charge in [0.1, 0.15) is 5.54 Å². The smallest absolute Gasteiger partial charge is 0.323 e. The maximum Gasteiger partial charge on any atom is 0.323 e. The van der Waals surface area contributed by atoms with Gasteiger partial charge in [-0.15, -0.1) is 0 Å². The highest BCUT2D eigenvalue weighted by Crippen LogP contribution is 2.18. The number of carboxylic acids is 1. The number of carboxylic acid groups (broad SMARTS) is 1. The highest BCUT2D eigenvalue weighted by atomic mass is 16.4. The Balaban J connectivity index is 4.40. The van der Waals surface area contributed by atoms with Crippen molar-refractivity contribution in [2.24, 2.45) is 0 Å². The van der Waals surface area contributed by atoms with Gasteiger partial charge in [-0.05, 0) is 60.4 Å². The summed E-state index contributed by atoms with van der Waals surface area (Å²) in [5.74, 6) is -0.744. The second kappa shape index (κ2) is 9.32. The molecular formula is C15H33N3O2. The predicted octanol–water partition coefficient (Wildman–Crippen LogP) is 1.49. The lowest BCUT2D eigenvalue weighted by atomic mass is 9.90. The molecule has 0 spiro atoms. The first-order valence-electron chi connectivity index (χ1n) is 7.64. The van der Waals surface area contributed by atoms with Crippen LogP contribution in [0.25, 0.3) is 0 Å². The molecule has 0 aromatic rings. The van der Waals surface area contributed by atoms with Crippen LogP contribution in [0.4, 0.5) is 0 Å². The molecule has 0 aliphatic rings. The number of nitrogens with zero attached hydrogens (tertiary/aromatic N) is 2. The van der Waals surface area contributed by atoms with E-state index in [-0.39, 0.29) is 0 Å².